The Labute approximate surface area is 121 Å². The fraction of sp³-hybridized carbons (Fsp3) is 0.562. The maximum Gasteiger partial charge on any atom is 0.224 e. The molecule has 0 aliphatic carbocycles. The summed E-state index contributed by atoms with van der Waals surface area (Å²) in [6.07, 6.45) is 1.98. The lowest BCUT2D eigenvalue weighted by molar-refractivity contribution is -0.125. The summed E-state index contributed by atoms with van der Waals surface area (Å²) in [5, 5.41) is 3.13. The molecule has 3 N–H and O–H groups in total. The number of nitrogens with one attached hydrogen (secondary N) is 1. The van der Waals surface area contributed by atoms with E-state index in [2.05, 4.69) is 34.5 Å². The van der Waals surface area contributed by atoms with Crippen molar-refractivity contribution in [3.05, 3.63) is 30.3 Å². The van der Waals surface area contributed by atoms with E-state index < -0.39 is 0 Å². The molecule has 4 heteroatoms. The number of nitrogens with two attached hydrogens (primary N) is 1. The molecule has 0 aromatic heterocycles. The van der Waals surface area contributed by atoms with Crippen molar-refractivity contribution in [3.63, 3.8) is 0 Å². The van der Waals surface area contributed by atoms with Crippen LogP contribution in [0.3, 0.4) is 0 Å². The molecule has 4 nitrogen and oxygen atoms in total. The van der Waals surface area contributed by atoms with Crippen LogP contribution >= 0.6 is 0 Å². The minimum atomic E-state index is -0.123. The molecule has 1 heterocycles. The number of carbonyl (C=O) groups excluding carboxylic acids is 1. The van der Waals surface area contributed by atoms with Crippen molar-refractivity contribution >= 4 is 11.6 Å². The first-order chi connectivity index (χ1) is 9.58. The number of piperidine rings is 1. The lowest BCUT2D eigenvalue weighted by Gasteiger charge is -2.34. The van der Waals surface area contributed by atoms with Crippen LogP contribution in [0.15, 0.2) is 30.3 Å². The summed E-state index contributed by atoms with van der Waals surface area (Å²) < 4.78 is 0. The van der Waals surface area contributed by atoms with E-state index in [0.29, 0.717) is 0 Å². The maximum absolute atomic E-state index is 12.0. The van der Waals surface area contributed by atoms with Gasteiger partial charge in [0.15, 0.2) is 0 Å². The van der Waals surface area contributed by atoms with Gasteiger partial charge in [0.2, 0.25) is 5.91 Å². The second-order valence-corrected chi connectivity index (χ2v) is 5.75. The fourth-order valence-corrected chi connectivity index (χ4v) is 2.49. The van der Waals surface area contributed by atoms with E-state index >= 15 is 0 Å². The van der Waals surface area contributed by atoms with E-state index in [4.69, 9.17) is 5.73 Å². The maximum atomic E-state index is 12.0. The topological polar surface area (TPSA) is 58.4 Å². The van der Waals surface area contributed by atoms with E-state index in [1.165, 1.54) is 5.69 Å². The number of hydrogen-bond donors (Lipinski definition) is 2. The number of benzene rings is 1. The van der Waals surface area contributed by atoms with Crippen LogP contribution in [0.2, 0.25) is 0 Å². The van der Waals surface area contributed by atoms with Crippen LogP contribution in [0.5, 0.6) is 0 Å². The molecule has 110 valence electrons. The van der Waals surface area contributed by atoms with Gasteiger partial charge in [-0.25, -0.2) is 0 Å². The zero-order valence-electron chi connectivity index (χ0n) is 12.4. The average molecular weight is 275 g/mol. The van der Waals surface area contributed by atoms with E-state index in [0.717, 1.165) is 25.9 Å². The van der Waals surface area contributed by atoms with Gasteiger partial charge in [0.25, 0.3) is 0 Å². The Kier molecular flexibility index (Phi) is 5.01. The molecule has 0 radical (unpaired) electrons. The molecule has 2 atom stereocenters. The fourth-order valence-electron chi connectivity index (χ4n) is 2.49. The Morgan fingerprint density at radius 3 is 2.40 bits per heavy atom. The largest absolute Gasteiger partial charge is 0.371 e. The predicted octanol–water partition coefficient (Wildman–Crippen LogP) is 1.75. The smallest absolute Gasteiger partial charge is 0.224 e. The van der Waals surface area contributed by atoms with Crippen molar-refractivity contribution in [2.45, 2.75) is 38.8 Å². The van der Waals surface area contributed by atoms with Crippen LogP contribution in [0.1, 0.15) is 26.7 Å². The summed E-state index contributed by atoms with van der Waals surface area (Å²) in [6.45, 7) is 5.74. The van der Waals surface area contributed by atoms with E-state index in [-0.39, 0.29) is 23.9 Å². The van der Waals surface area contributed by atoms with Gasteiger partial charge in [-0.3, -0.25) is 4.79 Å². The van der Waals surface area contributed by atoms with Crippen molar-refractivity contribution in [2.24, 2.45) is 11.7 Å². The van der Waals surface area contributed by atoms with Crippen molar-refractivity contribution in [1.29, 1.82) is 0 Å². The van der Waals surface area contributed by atoms with E-state index in [1.807, 2.05) is 19.9 Å². The molecule has 1 fully saturated rings. The lowest BCUT2D eigenvalue weighted by Crippen LogP contribution is -2.48. The highest BCUT2D eigenvalue weighted by Crippen LogP contribution is 2.19. The van der Waals surface area contributed by atoms with E-state index in [1.54, 1.807) is 0 Å². The summed E-state index contributed by atoms with van der Waals surface area (Å²) in [7, 11) is 0. The molecule has 20 heavy (non-hydrogen) atoms. The Hall–Kier alpha value is -1.55. The van der Waals surface area contributed by atoms with Crippen LogP contribution in [0.25, 0.3) is 0 Å². The third-order valence-corrected chi connectivity index (χ3v) is 4.16. The summed E-state index contributed by atoms with van der Waals surface area (Å²) >= 11 is 0. The predicted molar refractivity (Wildman–Crippen MR) is 82.6 cm³/mol. The summed E-state index contributed by atoms with van der Waals surface area (Å²) in [4.78, 5) is 14.4. The number of rotatable bonds is 4. The van der Waals surface area contributed by atoms with Crippen molar-refractivity contribution in [3.8, 4) is 0 Å². The first kappa shape index (κ1) is 14.9. The quantitative estimate of drug-likeness (QED) is 0.880. The second-order valence-electron chi connectivity index (χ2n) is 5.75. The molecule has 1 aliphatic rings. The first-order valence-electron chi connectivity index (χ1n) is 7.44. The van der Waals surface area contributed by atoms with Gasteiger partial charge in [-0.05, 0) is 31.9 Å². The van der Waals surface area contributed by atoms with Crippen molar-refractivity contribution in [1.82, 2.24) is 5.32 Å². The Morgan fingerprint density at radius 2 is 1.85 bits per heavy atom. The number of amides is 1. The first-order valence-corrected chi connectivity index (χ1v) is 7.44. The molecule has 1 saturated heterocycles. The summed E-state index contributed by atoms with van der Waals surface area (Å²) in [5.74, 6) is -0.0414. The SMILES string of the molecule is CC(N)C(C)C(=O)NC1CCN(c2ccccc2)CC1. The van der Waals surface area contributed by atoms with Gasteiger partial charge in [0.05, 0.1) is 0 Å². The van der Waals surface area contributed by atoms with Crippen LogP contribution in [0.4, 0.5) is 5.69 Å². The standard InChI is InChI=1S/C16H25N3O/c1-12(13(2)17)16(20)18-14-8-10-19(11-9-14)15-6-4-3-5-7-15/h3-7,12-14H,8-11,17H2,1-2H3,(H,18,20). The number of nitrogens with zero attached hydrogens (tertiary/aromatic N) is 1. The molecule has 1 aromatic rings. The highest BCUT2D eigenvalue weighted by atomic mass is 16.1. The average Bonchev–Trinajstić information content (AvgIpc) is 2.48. The molecule has 0 spiro atoms. The normalized spacial score (nSPS) is 19.4. The Balaban J connectivity index is 1.81. The minimum Gasteiger partial charge on any atom is -0.371 e. The lowest BCUT2D eigenvalue weighted by atomic mass is 10.00. The van der Waals surface area contributed by atoms with Gasteiger partial charge in [-0.2, -0.15) is 0 Å². The third-order valence-electron chi connectivity index (χ3n) is 4.16. The monoisotopic (exact) mass is 275 g/mol. The van der Waals surface area contributed by atoms with Crippen LogP contribution in [-0.4, -0.2) is 31.1 Å². The molecular formula is C16H25N3O. The second kappa shape index (κ2) is 6.75. The third kappa shape index (κ3) is 3.73. The highest BCUT2D eigenvalue weighted by Gasteiger charge is 2.24. The Bertz CT molecular complexity index is 425. The van der Waals surface area contributed by atoms with Crippen molar-refractivity contribution < 1.29 is 4.79 Å². The molecule has 2 unspecified atom stereocenters. The minimum absolute atomic E-state index is 0.0816. The zero-order chi connectivity index (χ0) is 14.5. The number of carbonyl (C=O) groups is 1. The van der Waals surface area contributed by atoms with Gasteiger partial charge in [0, 0.05) is 36.8 Å². The highest BCUT2D eigenvalue weighted by molar-refractivity contribution is 5.79. The van der Waals surface area contributed by atoms with Crippen molar-refractivity contribution in [2.75, 3.05) is 18.0 Å². The molecular weight excluding hydrogens is 250 g/mol. The number of anilines is 1. The molecule has 0 saturated carbocycles. The van der Waals surface area contributed by atoms with Gasteiger partial charge < -0.3 is 16.0 Å². The zero-order valence-corrected chi connectivity index (χ0v) is 12.4. The van der Waals surface area contributed by atoms with Gasteiger partial charge in [-0.15, -0.1) is 0 Å². The van der Waals surface area contributed by atoms with Gasteiger partial charge in [0.1, 0.15) is 0 Å². The number of para-hydroxylation sites is 1. The summed E-state index contributed by atoms with van der Waals surface area (Å²) in [5.41, 5.74) is 7.04. The van der Waals surface area contributed by atoms with Gasteiger partial charge >= 0.3 is 0 Å². The van der Waals surface area contributed by atoms with Crippen LogP contribution < -0.4 is 16.0 Å². The summed E-state index contributed by atoms with van der Waals surface area (Å²) in [6, 6.07) is 10.6. The molecule has 1 aliphatic heterocycles. The molecule has 2 rings (SSSR count). The molecule has 1 amide bonds. The van der Waals surface area contributed by atoms with E-state index in [9.17, 15) is 4.79 Å². The van der Waals surface area contributed by atoms with Crippen LogP contribution in [0, 0.1) is 5.92 Å². The van der Waals surface area contributed by atoms with Crippen LogP contribution in [-0.2, 0) is 4.79 Å². The molecule has 0 bridgehead atoms. The Morgan fingerprint density at radius 1 is 1.25 bits per heavy atom. The van der Waals surface area contributed by atoms with Gasteiger partial charge in [-0.1, -0.05) is 25.1 Å². The number of hydrogen-bond acceptors (Lipinski definition) is 3. The molecule has 1 aromatic carbocycles.